The molecule has 2 heterocycles. The second-order valence-corrected chi connectivity index (χ2v) is 4.02. The highest BCUT2D eigenvalue weighted by molar-refractivity contribution is 5.07. The fraction of sp³-hybridized carbons (Fsp3) is 0.778. The van der Waals surface area contributed by atoms with Gasteiger partial charge in [0.05, 0.1) is 5.60 Å². The van der Waals surface area contributed by atoms with E-state index in [-0.39, 0.29) is 0 Å². The van der Waals surface area contributed by atoms with Gasteiger partial charge < -0.3 is 5.11 Å². The van der Waals surface area contributed by atoms with E-state index >= 15 is 0 Å². The van der Waals surface area contributed by atoms with E-state index < -0.39 is 5.60 Å². The molecular formula is C9H15N3O2. The molecule has 0 unspecified atom stereocenters. The Morgan fingerprint density at radius 1 is 1.50 bits per heavy atom. The Bertz CT molecular complexity index is 318. The molecule has 1 aliphatic heterocycles. The SMILES string of the molecule is CCC1(O)CN(Cc2nonc2C)C1. The summed E-state index contributed by atoms with van der Waals surface area (Å²) in [7, 11) is 0. The minimum atomic E-state index is -0.481. The zero-order chi connectivity index (χ0) is 10.2. The molecule has 0 aliphatic carbocycles. The van der Waals surface area contributed by atoms with Crippen LogP contribution in [0.3, 0.4) is 0 Å². The first-order valence-corrected chi connectivity index (χ1v) is 4.86. The molecule has 0 aromatic carbocycles. The molecule has 0 atom stereocenters. The van der Waals surface area contributed by atoms with E-state index in [1.54, 1.807) is 0 Å². The van der Waals surface area contributed by atoms with Gasteiger partial charge in [-0.25, -0.2) is 4.63 Å². The van der Waals surface area contributed by atoms with E-state index in [4.69, 9.17) is 0 Å². The molecule has 2 rings (SSSR count). The maximum absolute atomic E-state index is 9.79. The molecule has 1 aliphatic rings. The summed E-state index contributed by atoms with van der Waals surface area (Å²) >= 11 is 0. The zero-order valence-electron chi connectivity index (χ0n) is 8.53. The van der Waals surface area contributed by atoms with E-state index in [1.807, 2.05) is 13.8 Å². The predicted octanol–water partition coefficient (Wildman–Crippen LogP) is 0.335. The highest BCUT2D eigenvalue weighted by Gasteiger charge is 2.39. The van der Waals surface area contributed by atoms with Crippen LogP contribution in [0.4, 0.5) is 0 Å². The molecule has 1 aromatic rings. The summed E-state index contributed by atoms with van der Waals surface area (Å²) in [6, 6.07) is 0. The fourth-order valence-corrected chi connectivity index (χ4v) is 1.73. The average Bonchev–Trinajstić information content (AvgIpc) is 2.49. The lowest BCUT2D eigenvalue weighted by Crippen LogP contribution is -2.60. The maximum atomic E-state index is 9.79. The summed E-state index contributed by atoms with van der Waals surface area (Å²) in [5, 5.41) is 17.3. The van der Waals surface area contributed by atoms with Gasteiger partial charge in [-0.3, -0.25) is 4.90 Å². The standard InChI is InChI=1S/C9H15N3O2/c1-3-9(13)5-12(6-9)4-8-7(2)10-14-11-8/h13H,3-6H2,1-2H3. The lowest BCUT2D eigenvalue weighted by molar-refractivity contribution is -0.104. The van der Waals surface area contributed by atoms with Crippen LogP contribution in [-0.2, 0) is 6.54 Å². The van der Waals surface area contributed by atoms with Crippen molar-refractivity contribution in [1.29, 1.82) is 0 Å². The quantitative estimate of drug-likeness (QED) is 0.756. The fourth-order valence-electron chi connectivity index (χ4n) is 1.73. The molecule has 0 amide bonds. The van der Waals surface area contributed by atoms with Gasteiger partial charge in [0, 0.05) is 19.6 Å². The third kappa shape index (κ3) is 1.65. The molecule has 0 radical (unpaired) electrons. The van der Waals surface area contributed by atoms with E-state index in [0.717, 1.165) is 37.4 Å². The van der Waals surface area contributed by atoms with E-state index in [1.165, 1.54) is 0 Å². The number of likely N-dealkylation sites (tertiary alicyclic amines) is 1. The highest BCUT2D eigenvalue weighted by atomic mass is 16.6. The predicted molar refractivity (Wildman–Crippen MR) is 49.6 cm³/mol. The first-order chi connectivity index (χ1) is 6.63. The van der Waals surface area contributed by atoms with Crippen LogP contribution in [0.25, 0.3) is 0 Å². The van der Waals surface area contributed by atoms with Crippen molar-refractivity contribution in [2.45, 2.75) is 32.4 Å². The third-order valence-electron chi connectivity index (χ3n) is 2.81. The Morgan fingerprint density at radius 2 is 2.21 bits per heavy atom. The molecule has 1 N–H and O–H groups in total. The molecule has 5 heteroatoms. The Morgan fingerprint density at radius 3 is 2.71 bits per heavy atom. The summed E-state index contributed by atoms with van der Waals surface area (Å²) in [6.45, 7) is 6.03. The first kappa shape index (κ1) is 9.61. The lowest BCUT2D eigenvalue weighted by Gasteiger charge is -2.45. The summed E-state index contributed by atoms with van der Waals surface area (Å²) < 4.78 is 4.60. The highest BCUT2D eigenvalue weighted by Crippen LogP contribution is 2.25. The number of rotatable bonds is 3. The van der Waals surface area contributed by atoms with Crippen LogP contribution in [0, 0.1) is 6.92 Å². The summed E-state index contributed by atoms with van der Waals surface area (Å²) in [6.07, 6.45) is 0.805. The molecule has 5 nitrogen and oxygen atoms in total. The summed E-state index contributed by atoms with van der Waals surface area (Å²) in [4.78, 5) is 2.13. The second kappa shape index (κ2) is 3.33. The van der Waals surface area contributed by atoms with Crippen molar-refractivity contribution < 1.29 is 9.74 Å². The van der Waals surface area contributed by atoms with E-state index in [2.05, 4.69) is 19.8 Å². The minimum absolute atomic E-state index is 0.481. The van der Waals surface area contributed by atoms with Crippen LogP contribution in [-0.4, -0.2) is 39.0 Å². The number of aryl methyl sites for hydroxylation is 1. The van der Waals surface area contributed by atoms with Crippen molar-refractivity contribution in [1.82, 2.24) is 15.2 Å². The first-order valence-electron chi connectivity index (χ1n) is 4.86. The van der Waals surface area contributed by atoms with Gasteiger partial charge in [0.1, 0.15) is 11.4 Å². The van der Waals surface area contributed by atoms with Crippen molar-refractivity contribution in [3.8, 4) is 0 Å². The van der Waals surface area contributed by atoms with Crippen LogP contribution in [0.2, 0.25) is 0 Å². The average molecular weight is 197 g/mol. The normalized spacial score (nSPS) is 20.8. The van der Waals surface area contributed by atoms with Crippen LogP contribution >= 0.6 is 0 Å². The van der Waals surface area contributed by atoms with Gasteiger partial charge in [-0.2, -0.15) is 0 Å². The van der Waals surface area contributed by atoms with E-state index in [0.29, 0.717) is 0 Å². The van der Waals surface area contributed by atoms with Crippen LogP contribution in [0.15, 0.2) is 4.63 Å². The molecular weight excluding hydrogens is 182 g/mol. The third-order valence-corrected chi connectivity index (χ3v) is 2.81. The maximum Gasteiger partial charge on any atom is 0.122 e. The number of hydrogen-bond acceptors (Lipinski definition) is 5. The van der Waals surface area contributed by atoms with E-state index in [9.17, 15) is 5.11 Å². The number of aliphatic hydroxyl groups is 1. The van der Waals surface area contributed by atoms with Gasteiger partial charge in [-0.15, -0.1) is 0 Å². The molecule has 0 bridgehead atoms. The number of hydrogen-bond donors (Lipinski definition) is 1. The van der Waals surface area contributed by atoms with Gasteiger partial charge in [0.25, 0.3) is 0 Å². The molecule has 0 spiro atoms. The van der Waals surface area contributed by atoms with Crippen molar-refractivity contribution in [3.63, 3.8) is 0 Å². The van der Waals surface area contributed by atoms with Crippen molar-refractivity contribution in [3.05, 3.63) is 11.4 Å². The molecule has 1 aromatic heterocycles. The monoisotopic (exact) mass is 197 g/mol. The van der Waals surface area contributed by atoms with Gasteiger partial charge in [-0.05, 0) is 13.3 Å². The van der Waals surface area contributed by atoms with Gasteiger partial charge >= 0.3 is 0 Å². The molecule has 1 fully saturated rings. The van der Waals surface area contributed by atoms with Crippen LogP contribution in [0.5, 0.6) is 0 Å². The van der Waals surface area contributed by atoms with Crippen molar-refractivity contribution >= 4 is 0 Å². The number of nitrogens with zero attached hydrogens (tertiary/aromatic N) is 3. The van der Waals surface area contributed by atoms with Gasteiger partial charge in [-0.1, -0.05) is 17.2 Å². The number of β-amino-alcohol motifs (C(OH)–C–C–N with tert-alkyl or cyclic N) is 1. The van der Waals surface area contributed by atoms with Gasteiger partial charge in [0.2, 0.25) is 0 Å². The number of aromatic nitrogens is 2. The molecule has 14 heavy (non-hydrogen) atoms. The molecule has 78 valence electrons. The van der Waals surface area contributed by atoms with Gasteiger partial charge in [0.15, 0.2) is 0 Å². The minimum Gasteiger partial charge on any atom is -0.387 e. The Labute approximate surface area is 82.7 Å². The zero-order valence-corrected chi connectivity index (χ0v) is 8.53. The smallest absolute Gasteiger partial charge is 0.122 e. The molecule has 0 saturated carbocycles. The molecule has 1 saturated heterocycles. The largest absolute Gasteiger partial charge is 0.387 e. The summed E-state index contributed by atoms with van der Waals surface area (Å²) in [5.41, 5.74) is 1.21. The topological polar surface area (TPSA) is 62.4 Å². The Balaban J connectivity index is 1.88. The second-order valence-electron chi connectivity index (χ2n) is 4.02. The van der Waals surface area contributed by atoms with Crippen molar-refractivity contribution in [2.75, 3.05) is 13.1 Å². The van der Waals surface area contributed by atoms with Crippen LogP contribution in [0.1, 0.15) is 24.7 Å². The lowest BCUT2D eigenvalue weighted by atomic mass is 9.91. The Kier molecular flexibility index (Phi) is 2.28. The summed E-state index contributed by atoms with van der Waals surface area (Å²) in [5.74, 6) is 0. The Hall–Kier alpha value is -0.940. The van der Waals surface area contributed by atoms with Crippen LogP contribution < -0.4 is 0 Å². The van der Waals surface area contributed by atoms with Crippen molar-refractivity contribution in [2.24, 2.45) is 0 Å².